The van der Waals surface area contributed by atoms with Gasteiger partial charge >= 0.3 is 17.6 Å². The Kier molecular flexibility index (Phi) is 7.67. The molecular weight excluding hydrogens is 510 g/mol. The summed E-state index contributed by atoms with van der Waals surface area (Å²) in [6.45, 7) is 3.44. The summed E-state index contributed by atoms with van der Waals surface area (Å²) in [7, 11) is 3.96. The van der Waals surface area contributed by atoms with Gasteiger partial charge in [-0.05, 0) is 37.6 Å². The van der Waals surface area contributed by atoms with Crippen LogP contribution >= 0.6 is 11.3 Å². The van der Waals surface area contributed by atoms with Crippen molar-refractivity contribution in [2.75, 3.05) is 21.3 Å². The second-order valence-corrected chi connectivity index (χ2v) is 9.39. The number of hydrogen-bond acceptors (Lipinski definition) is 10. The lowest BCUT2D eigenvalue weighted by Gasteiger charge is -2.31. The molecule has 2 aromatic carbocycles. The molecule has 0 spiro atoms. The standard InChI is InChI=1S/C27H25N3O7S/c1-14-22(26(31)36-4)24(23(15(2)28-14)27(32)37-5)17-7-6-8-18(11-17)25-29-19(13-38-25)16-9-10-21(35-3)20(12-16)30(33)34/h6-13,22,24H,1-5H3. The van der Waals surface area contributed by atoms with E-state index in [2.05, 4.69) is 4.99 Å². The number of allylic oxidation sites excluding steroid dienone is 1. The zero-order valence-corrected chi connectivity index (χ0v) is 22.2. The van der Waals surface area contributed by atoms with Crippen LogP contribution in [0.5, 0.6) is 5.75 Å². The maximum Gasteiger partial charge on any atom is 0.336 e. The normalized spacial score (nSPS) is 17.0. The average molecular weight is 536 g/mol. The van der Waals surface area contributed by atoms with Crippen LogP contribution in [0.1, 0.15) is 25.3 Å². The number of nitro groups is 1. The number of nitrogens with zero attached hydrogens (tertiary/aromatic N) is 3. The van der Waals surface area contributed by atoms with Crippen LogP contribution in [0.25, 0.3) is 21.8 Å². The third kappa shape index (κ3) is 4.92. The Balaban J connectivity index is 1.77. The van der Waals surface area contributed by atoms with Gasteiger partial charge in [-0.3, -0.25) is 19.9 Å². The highest BCUT2D eigenvalue weighted by molar-refractivity contribution is 7.13. The molecule has 2 heterocycles. The number of carbonyl (C=O) groups is 2. The highest BCUT2D eigenvalue weighted by Gasteiger charge is 2.42. The summed E-state index contributed by atoms with van der Waals surface area (Å²) in [6.07, 6.45) is 0. The minimum atomic E-state index is -0.806. The van der Waals surface area contributed by atoms with Crippen LogP contribution in [0.15, 0.2) is 64.1 Å². The monoisotopic (exact) mass is 535 g/mol. The number of thiazole rings is 1. The zero-order valence-electron chi connectivity index (χ0n) is 21.4. The maximum absolute atomic E-state index is 12.8. The third-order valence-corrected chi connectivity index (χ3v) is 7.25. The largest absolute Gasteiger partial charge is 0.490 e. The van der Waals surface area contributed by atoms with Gasteiger partial charge < -0.3 is 14.2 Å². The highest BCUT2D eigenvalue weighted by Crippen LogP contribution is 2.42. The summed E-state index contributed by atoms with van der Waals surface area (Å²) in [6, 6.07) is 12.1. The summed E-state index contributed by atoms with van der Waals surface area (Å²) in [5, 5.41) is 13.9. The van der Waals surface area contributed by atoms with Crippen molar-refractivity contribution in [3.05, 3.63) is 74.8 Å². The minimum Gasteiger partial charge on any atom is -0.490 e. The molecule has 11 heteroatoms. The molecular formula is C27H25N3O7S. The second kappa shape index (κ2) is 10.9. The number of rotatable bonds is 7. The smallest absolute Gasteiger partial charge is 0.336 e. The molecule has 2 atom stereocenters. The van der Waals surface area contributed by atoms with Gasteiger partial charge in [-0.2, -0.15) is 0 Å². The van der Waals surface area contributed by atoms with Crippen molar-refractivity contribution < 1.29 is 28.7 Å². The Hall–Kier alpha value is -4.38. The Bertz CT molecular complexity index is 1490. The van der Waals surface area contributed by atoms with E-state index in [4.69, 9.17) is 19.2 Å². The van der Waals surface area contributed by atoms with Crippen LogP contribution in [-0.2, 0) is 19.1 Å². The second-order valence-electron chi connectivity index (χ2n) is 8.53. The first kappa shape index (κ1) is 26.7. The molecule has 0 amide bonds. The van der Waals surface area contributed by atoms with Gasteiger partial charge in [0.2, 0.25) is 0 Å². The topological polar surface area (TPSA) is 130 Å². The van der Waals surface area contributed by atoms with Crippen molar-refractivity contribution in [2.24, 2.45) is 10.9 Å². The molecule has 0 fully saturated rings. The molecule has 196 valence electrons. The van der Waals surface area contributed by atoms with E-state index in [-0.39, 0.29) is 17.0 Å². The van der Waals surface area contributed by atoms with Gasteiger partial charge in [-0.25, -0.2) is 9.78 Å². The van der Waals surface area contributed by atoms with Gasteiger partial charge in [0, 0.05) is 39.9 Å². The van der Waals surface area contributed by atoms with E-state index in [1.807, 2.05) is 29.6 Å². The molecule has 0 bridgehead atoms. The molecule has 1 aliphatic rings. The predicted molar refractivity (Wildman–Crippen MR) is 142 cm³/mol. The van der Waals surface area contributed by atoms with Crippen molar-refractivity contribution >= 4 is 34.7 Å². The molecule has 0 saturated heterocycles. The highest BCUT2D eigenvalue weighted by atomic mass is 32.1. The number of aliphatic imine (C=N–C) groups is 1. The number of esters is 2. The Morgan fingerprint density at radius 2 is 1.79 bits per heavy atom. The molecule has 0 N–H and O–H groups in total. The summed E-state index contributed by atoms with van der Waals surface area (Å²) < 4.78 is 15.2. The molecule has 10 nitrogen and oxygen atoms in total. The van der Waals surface area contributed by atoms with Crippen LogP contribution in [0.4, 0.5) is 5.69 Å². The number of hydrogen-bond donors (Lipinski definition) is 0. The van der Waals surface area contributed by atoms with Crippen LogP contribution in [0.2, 0.25) is 0 Å². The van der Waals surface area contributed by atoms with Crippen molar-refractivity contribution in [1.29, 1.82) is 0 Å². The van der Waals surface area contributed by atoms with Gasteiger partial charge in [0.05, 0.1) is 37.5 Å². The number of ether oxygens (including phenoxy) is 3. The van der Waals surface area contributed by atoms with Gasteiger partial charge in [0.25, 0.3) is 0 Å². The van der Waals surface area contributed by atoms with Crippen molar-refractivity contribution in [3.63, 3.8) is 0 Å². The van der Waals surface area contributed by atoms with E-state index in [9.17, 15) is 19.7 Å². The lowest BCUT2D eigenvalue weighted by atomic mass is 9.75. The molecule has 38 heavy (non-hydrogen) atoms. The Morgan fingerprint density at radius 1 is 1.03 bits per heavy atom. The summed E-state index contributed by atoms with van der Waals surface area (Å²) >= 11 is 1.37. The SMILES string of the molecule is COC(=O)C1=C(C)N=C(C)C(C(=O)OC)C1c1cccc(-c2nc(-c3ccc(OC)c([N+](=O)[O-])c3)cs2)c1. The Labute approximate surface area is 222 Å². The molecule has 3 aromatic rings. The van der Waals surface area contributed by atoms with E-state index in [1.165, 1.54) is 44.8 Å². The summed E-state index contributed by atoms with van der Waals surface area (Å²) in [5.41, 5.74) is 3.75. The summed E-state index contributed by atoms with van der Waals surface area (Å²) in [5.74, 6) is -2.39. The molecule has 0 saturated carbocycles. The van der Waals surface area contributed by atoms with Gasteiger partial charge in [-0.1, -0.05) is 18.2 Å². The van der Waals surface area contributed by atoms with E-state index < -0.39 is 28.7 Å². The van der Waals surface area contributed by atoms with Gasteiger partial charge in [0.15, 0.2) is 5.75 Å². The fraction of sp³-hybridized carbons (Fsp3) is 0.259. The number of carbonyl (C=O) groups excluding carboxylic acids is 2. The lowest BCUT2D eigenvalue weighted by Crippen LogP contribution is -2.36. The number of nitro benzene ring substituents is 1. The first-order valence-corrected chi connectivity index (χ1v) is 12.4. The van der Waals surface area contributed by atoms with E-state index in [1.54, 1.807) is 19.9 Å². The zero-order chi connectivity index (χ0) is 27.6. The van der Waals surface area contributed by atoms with E-state index in [0.29, 0.717) is 33.2 Å². The maximum atomic E-state index is 12.8. The molecule has 2 unspecified atom stereocenters. The third-order valence-electron chi connectivity index (χ3n) is 6.36. The number of aromatic nitrogens is 1. The quantitative estimate of drug-likeness (QED) is 0.230. The number of benzene rings is 2. The molecule has 0 radical (unpaired) electrons. The summed E-state index contributed by atoms with van der Waals surface area (Å²) in [4.78, 5) is 45.7. The predicted octanol–water partition coefficient (Wildman–Crippen LogP) is 5.19. The van der Waals surface area contributed by atoms with Crippen molar-refractivity contribution in [3.8, 4) is 27.6 Å². The molecule has 1 aliphatic heterocycles. The molecule has 1 aromatic heterocycles. The van der Waals surface area contributed by atoms with Crippen LogP contribution < -0.4 is 4.74 Å². The fourth-order valence-electron chi connectivity index (χ4n) is 4.60. The Morgan fingerprint density at radius 3 is 2.45 bits per heavy atom. The van der Waals surface area contributed by atoms with Crippen molar-refractivity contribution in [1.82, 2.24) is 4.98 Å². The first-order chi connectivity index (χ1) is 18.2. The minimum absolute atomic E-state index is 0.151. The van der Waals surface area contributed by atoms with Crippen LogP contribution in [-0.4, -0.2) is 48.9 Å². The number of methoxy groups -OCH3 is 3. The van der Waals surface area contributed by atoms with Crippen LogP contribution in [0, 0.1) is 16.0 Å². The fourth-order valence-corrected chi connectivity index (χ4v) is 5.43. The van der Waals surface area contributed by atoms with Gasteiger partial charge in [0.1, 0.15) is 10.9 Å². The van der Waals surface area contributed by atoms with Gasteiger partial charge in [-0.15, -0.1) is 11.3 Å². The first-order valence-electron chi connectivity index (χ1n) is 11.5. The average Bonchev–Trinajstić information content (AvgIpc) is 3.42. The lowest BCUT2D eigenvalue weighted by molar-refractivity contribution is -0.385. The van der Waals surface area contributed by atoms with Crippen LogP contribution in [0.3, 0.4) is 0 Å². The molecule has 4 rings (SSSR count). The molecule has 0 aliphatic carbocycles. The van der Waals surface area contributed by atoms with E-state index >= 15 is 0 Å². The van der Waals surface area contributed by atoms with E-state index in [0.717, 1.165) is 5.56 Å². The van der Waals surface area contributed by atoms with Crippen molar-refractivity contribution in [2.45, 2.75) is 19.8 Å².